The Morgan fingerprint density at radius 1 is 0.468 bits per heavy atom. The summed E-state index contributed by atoms with van der Waals surface area (Å²) in [6.45, 7) is 1.34. The first kappa shape index (κ1) is 59.8. The minimum absolute atomic E-state index is 0.0616. The molecule has 22 heteroatoms. The van der Waals surface area contributed by atoms with Crippen molar-refractivity contribution in [3.8, 4) is 0 Å². The number of alkyl halides is 4. The Hall–Kier alpha value is -4.26. The van der Waals surface area contributed by atoms with Crippen LogP contribution in [0.5, 0.6) is 0 Å². The van der Waals surface area contributed by atoms with Gasteiger partial charge in [0.1, 0.15) is 13.2 Å². The highest BCUT2D eigenvalue weighted by Crippen LogP contribution is 2.19. The number of aromatic carboxylic acids is 4. The number of aliphatic hydroxyl groups excluding tert-OH is 2. The number of hydrogen-bond acceptors (Lipinski definition) is 14. The highest BCUT2D eigenvalue weighted by Gasteiger charge is 2.17. The van der Waals surface area contributed by atoms with E-state index in [1.165, 1.54) is 36.4 Å². The summed E-state index contributed by atoms with van der Waals surface area (Å²) in [6.07, 6.45) is 0. The molecule has 0 heterocycles. The number of benzene rings is 4. The van der Waals surface area contributed by atoms with Crippen molar-refractivity contribution in [2.24, 2.45) is 0 Å². The Labute approximate surface area is 412 Å². The Morgan fingerprint density at radius 2 is 0.742 bits per heavy atom. The third kappa shape index (κ3) is 23.8. The van der Waals surface area contributed by atoms with Gasteiger partial charge in [0.15, 0.2) is 0 Å². The number of nitrogens with two attached hydrogens (primary N) is 2. The molecule has 62 heavy (non-hydrogen) atoms. The number of aliphatic hydroxyl groups is 2. The molecule has 12 N–H and O–H groups in total. The van der Waals surface area contributed by atoms with Crippen LogP contribution in [0, 0.1) is 0 Å². The first-order chi connectivity index (χ1) is 29.5. The molecule has 340 valence electrons. The highest BCUT2D eigenvalue weighted by molar-refractivity contribution is 14.1. The molecule has 0 fully saturated rings. The molecule has 0 amide bonds. The van der Waals surface area contributed by atoms with Crippen molar-refractivity contribution >= 4 is 149 Å². The number of carboxylic acid groups (broad SMARTS) is 4. The molecule has 0 aliphatic carbocycles. The molecule has 0 saturated heterocycles. The van der Waals surface area contributed by atoms with E-state index in [0.29, 0.717) is 41.1 Å². The number of anilines is 4. The molecule has 0 aliphatic rings. The average Bonchev–Trinajstić information content (AvgIpc) is 3.27. The normalized spacial score (nSPS) is 9.29. The van der Waals surface area contributed by atoms with Crippen molar-refractivity contribution in [2.75, 3.05) is 80.3 Å². The molecule has 0 aliphatic heterocycles. The average molecular weight is 1320 g/mol. The van der Waals surface area contributed by atoms with Crippen LogP contribution in [-0.2, 0) is 9.47 Å². The molecule has 4 aromatic carbocycles. The van der Waals surface area contributed by atoms with Crippen molar-refractivity contribution in [2.45, 2.75) is 0 Å². The Balaban J connectivity index is 0. The zero-order chi connectivity index (χ0) is 47.6. The van der Waals surface area contributed by atoms with Gasteiger partial charge >= 0.3 is 35.8 Å². The predicted octanol–water partition coefficient (Wildman–Crippen LogP) is 6.80. The Morgan fingerprint density at radius 3 is 1.05 bits per heavy atom. The number of nitrogens with one attached hydrogen (secondary N) is 2. The zero-order valence-electron chi connectivity index (χ0n) is 33.4. The SMILES string of the molecule is CNc1ccccc1C(=O)O.CNc1ccccc1C(=O)OCCI.Nc1c(C(=O)O)cccc1C(=O)O.Nc1c(C(=O)O)cccc1C(=O)OCCI.OCCI.OCCI. The third-order valence-electron chi connectivity index (χ3n) is 6.76. The summed E-state index contributed by atoms with van der Waals surface area (Å²) in [7, 11) is 3.48. The predicted molar refractivity (Wildman–Crippen MR) is 272 cm³/mol. The molecule has 0 saturated carbocycles. The molecule has 4 aromatic rings. The number of esters is 2. The van der Waals surface area contributed by atoms with Gasteiger partial charge in [-0.25, -0.2) is 28.8 Å². The number of hydrogen-bond donors (Lipinski definition) is 10. The smallest absolute Gasteiger partial charge is 0.340 e. The van der Waals surface area contributed by atoms with Gasteiger partial charge in [-0.3, -0.25) is 0 Å². The van der Waals surface area contributed by atoms with Crippen LogP contribution in [0.25, 0.3) is 0 Å². The lowest BCUT2D eigenvalue weighted by molar-refractivity contribution is 0.0524. The van der Waals surface area contributed by atoms with Gasteiger partial charge < -0.3 is 62.2 Å². The van der Waals surface area contributed by atoms with Crippen LogP contribution in [0.2, 0.25) is 0 Å². The molecular weight excluding hydrogens is 1270 g/mol. The molecule has 0 atom stereocenters. The number of para-hydroxylation sites is 4. The maximum atomic E-state index is 11.5. The second kappa shape index (κ2) is 36.2. The number of halogens is 4. The van der Waals surface area contributed by atoms with Gasteiger partial charge in [-0.05, 0) is 48.5 Å². The number of carbonyl (C=O) groups is 6. The van der Waals surface area contributed by atoms with Crippen molar-refractivity contribution in [3.05, 3.63) is 118 Å². The largest absolute Gasteiger partial charge is 0.478 e. The summed E-state index contributed by atoms with van der Waals surface area (Å²) in [4.78, 5) is 65.4. The van der Waals surface area contributed by atoms with Gasteiger partial charge in [-0.2, -0.15) is 0 Å². The maximum Gasteiger partial charge on any atom is 0.340 e. The van der Waals surface area contributed by atoms with E-state index in [2.05, 4.69) is 101 Å². The number of carbonyl (C=O) groups excluding carboxylic acids is 2. The summed E-state index contributed by atoms with van der Waals surface area (Å²) in [5.41, 5.74) is 12.5. The van der Waals surface area contributed by atoms with Crippen LogP contribution >= 0.6 is 90.4 Å². The van der Waals surface area contributed by atoms with E-state index in [0.717, 1.165) is 19.0 Å². The molecule has 18 nitrogen and oxygen atoms in total. The van der Waals surface area contributed by atoms with Crippen LogP contribution in [0.3, 0.4) is 0 Å². The summed E-state index contributed by atoms with van der Waals surface area (Å²) in [5.74, 6) is -5.42. The molecule has 0 unspecified atom stereocenters. The van der Waals surface area contributed by atoms with Crippen LogP contribution < -0.4 is 22.1 Å². The fourth-order valence-corrected chi connectivity index (χ4v) is 4.49. The molecule has 0 radical (unpaired) electrons. The first-order valence-electron chi connectivity index (χ1n) is 17.5. The summed E-state index contributed by atoms with van der Waals surface area (Å²) in [5, 5.41) is 56.2. The van der Waals surface area contributed by atoms with E-state index in [4.69, 9.17) is 51.6 Å². The third-order valence-corrected chi connectivity index (χ3v) is 8.60. The second-order valence-corrected chi connectivity index (χ2v) is 15.1. The van der Waals surface area contributed by atoms with Crippen LogP contribution in [0.15, 0.2) is 84.9 Å². The maximum absolute atomic E-state index is 11.5. The lowest BCUT2D eigenvalue weighted by Crippen LogP contribution is -2.12. The van der Waals surface area contributed by atoms with E-state index in [-0.39, 0.29) is 46.2 Å². The van der Waals surface area contributed by atoms with E-state index >= 15 is 0 Å². The van der Waals surface area contributed by atoms with E-state index < -0.39 is 29.8 Å². The van der Waals surface area contributed by atoms with Crippen molar-refractivity contribution < 1.29 is 68.9 Å². The second-order valence-electron chi connectivity index (χ2n) is 10.8. The van der Waals surface area contributed by atoms with E-state index in [9.17, 15) is 28.8 Å². The van der Waals surface area contributed by atoms with Crippen molar-refractivity contribution in [1.82, 2.24) is 0 Å². The Bertz CT molecular complexity index is 1970. The minimum Gasteiger partial charge on any atom is -0.478 e. The fourth-order valence-electron chi connectivity index (χ4n) is 4.05. The Kier molecular flexibility index (Phi) is 35.0. The van der Waals surface area contributed by atoms with Crippen molar-refractivity contribution in [3.63, 3.8) is 0 Å². The molecule has 0 bridgehead atoms. The number of nitrogen functional groups attached to an aromatic ring is 2. The molecule has 4 rings (SSSR count). The summed E-state index contributed by atoms with van der Waals surface area (Å²) >= 11 is 8.43. The number of rotatable bonds is 14. The number of ether oxygens (including phenoxy) is 2. The summed E-state index contributed by atoms with van der Waals surface area (Å²) in [6, 6.07) is 22.2. The first-order valence-corrected chi connectivity index (χ1v) is 23.6. The lowest BCUT2D eigenvalue weighted by Gasteiger charge is -2.07. The fraction of sp³-hybridized carbons (Fsp3) is 0.250. The molecule has 0 spiro atoms. The van der Waals surface area contributed by atoms with Gasteiger partial charge in [-0.15, -0.1) is 0 Å². The van der Waals surface area contributed by atoms with Gasteiger partial charge in [0, 0.05) is 43.2 Å². The van der Waals surface area contributed by atoms with Crippen molar-refractivity contribution in [1.29, 1.82) is 0 Å². The highest BCUT2D eigenvalue weighted by atomic mass is 127. The standard InChI is InChI=1S/C10H10INO4.C10H12INO2.C8H7NO4.C8H9NO2.2C2H5IO/c11-4-5-16-10(15)7-3-1-2-6(8(7)12)9(13)14;1-12-9-5-3-2-4-8(9)10(13)14-7-6-11;9-6-4(7(10)11)2-1-3-5(6)8(12)13;1-9-7-5-3-2-4-6(7)8(10)11;2*3-1-2-4/h1-3H,4-5,12H2,(H,13,14);2-5,12H,6-7H2,1H3;1-3H,9H2,(H,10,11)(H,12,13);2-5,9H,1H3,(H,10,11);2*4H,1-2H2. The van der Waals surface area contributed by atoms with E-state index in [1.807, 2.05) is 18.2 Å². The quantitative estimate of drug-likeness (QED) is 0.0269. The topological polar surface area (TPSA) is 318 Å². The lowest BCUT2D eigenvalue weighted by atomic mass is 10.1. The monoisotopic (exact) mass is 1320 g/mol. The number of carboxylic acids is 4. The van der Waals surface area contributed by atoms with Crippen LogP contribution in [0.4, 0.5) is 22.7 Å². The zero-order valence-corrected chi connectivity index (χ0v) is 42.0. The molecular formula is C40H48I4N4O14. The van der Waals surface area contributed by atoms with Gasteiger partial charge in [-0.1, -0.05) is 127 Å². The van der Waals surface area contributed by atoms with Crippen LogP contribution in [0.1, 0.15) is 62.1 Å². The molecule has 0 aromatic heterocycles. The van der Waals surface area contributed by atoms with Gasteiger partial charge in [0.2, 0.25) is 0 Å². The summed E-state index contributed by atoms with van der Waals surface area (Å²) < 4.78 is 13.1. The van der Waals surface area contributed by atoms with Crippen LogP contribution in [-0.4, -0.2) is 125 Å². The van der Waals surface area contributed by atoms with E-state index in [1.54, 1.807) is 44.4 Å². The van der Waals surface area contributed by atoms with Gasteiger partial charge in [0.05, 0.1) is 58.0 Å². The van der Waals surface area contributed by atoms with Gasteiger partial charge in [0.25, 0.3) is 0 Å². The minimum atomic E-state index is -1.24.